The van der Waals surface area contributed by atoms with Crippen molar-refractivity contribution in [2.45, 2.75) is 45.6 Å². The summed E-state index contributed by atoms with van der Waals surface area (Å²) in [5.41, 5.74) is 5.20. The van der Waals surface area contributed by atoms with E-state index in [1.165, 1.54) is 28.6 Å². The summed E-state index contributed by atoms with van der Waals surface area (Å²) in [6.07, 6.45) is 6.81. The molecule has 0 amide bonds. The van der Waals surface area contributed by atoms with Crippen molar-refractivity contribution >= 4 is 37.6 Å². The monoisotopic (exact) mass is 364 g/mol. The fourth-order valence-corrected chi connectivity index (χ4v) is 5.05. The number of aryl methyl sites for hydroxylation is 1. The van der Waals surface area contributed by atoms with Gasteiger partial charge in [0.05, 0.1) is 23.0 Å². The van der Waals surface area contributed by atoms with Gasteiger partial charge < -0.3 is 9.73 Å². The molecule has 5 nitrogen and oxygen atoms in total. The van der Waals surface area contributed by atoms with Crippen LogP contribution in [0.15, 0.2) is 29.1 Å². The van der Waals surface area contributed by atoms with E-state index < -0.39 is 0 Å². The van der Waals surface area contributed by atoms with Crippen molar-refractivity contribution in [1.29, 1.82) is 0 Å². The van der Waals surface area contributed by atoms with Crippen LogP contribution < -0.4 is 5.32 Å². The largest absolute Gasteiger partial charge is 0.467 e. The minimum Gasteiger partial charge on any atom is -0.467 e. The Labute approximate surface area is 155 Å². The highest BCUT2D eigenvalue weighted by Crippen LogP contribution is 2.42. The number of nitrogens with zero attached hydrogens (tertiary/aromatic N) is 3. The molecule has 0 aromatic carbocycles. The van der Waals surface area contributed by atoms with Crippen molar-refractivity contribution in [3.63, 3.8) is 0 Å². The lowest BCUT2D eigenvalue weighted by molar-refractivity contribution is 0.518. The third-order valence-electron chi connectivity index (χ3n) is 5.06. The number of thiophene rings is 1. The van der Waals surface area contributed by atoms with Crippen molar-refractivity contribution in [2.75, 3.05) is 5.32 Å². The number of anilines is 1. The molecule has 6 heteroatoms. The summed E-state index contributed by atoms with van der Waals surface area (Å²) in [4.78, 5) is 15.2. The predicted molar refractivity (Wildman–Crippen MR) is 105 cm³/mol. The normalized spacial score (nSPS) is 13.8. The highest BCUT2D eigenvalue weighted by molar-refractivity contribution is 7.26. The average Bonchev–Trinajstić information content (AvgIpc) is 3.36. The first-order chi connectivity index (χ1) is 12.7. The van der Waals surface area contributed by atoms with Crippen molar-refractivity contribution in [1.82, 2.24) is 15.0 Å². The zero-order chi connectivity index (χ0) is 17.7. The fraction of sp³-hybridized carbons (Fsp3) is 0.350. The van der Waals surface area contributed by atoms with Gasteiger partial charge in [-0.15, -0.1) is 11.3 Å². The molecule has 5 rings (SSSR count). The lowest BCUT2D eigenvalue weighted by atomic mass is 9.99. The van der Waals surface area contributed by atoms with Crippen LogP contribution in [0, 0.1) is 0 Å². The third-order valence-corrected chi connectivity index (χ3v) is 6.14. The first-order valence-electron chi connectivity index (χ1n) is 9.07. The van der Waals surface area contributed by atoms with Gasteiger partial charge in [0.2, 0.25) is 0 Å². The molecule has 1 aliphatic carbocycles. The zero-order valence-electron chi connectivity index (χ0n) is 14.9. The summed E-state index contributed by atoms with van der Waals surface area (Å²) in [5, 5.41) is 4.63. The van der Waals surface area contributed by atoms with Gasteiger partial charge in [0.15, 0.2) is 0 Å². The smallest absolute Gasteiger partial charge is 0.147 e. The minimum absolute atomic E-state index is 0.444. The van der Waals surface area contributed by atoms with Gasteiger partial charge in [0, 0.05) is 11.1 Å². The molecule has 0 fully saturated rings. The standard InChI is InChI=1S/C20H20N4OS/c1-11(2)16-14-7-3-6-13(14)15-17-18(26-20(15)24-16)19(23-10-22-17)21-9-12-5-4-8-25-12/h4-5,8,10-11H,3,6-7,9H2,1-2H3,(H,21,22,23). The van der Waals surface area contributed by atoms with E-state index in [4.69, 9.17) is 9.40 Å². The summed E-state index contributed by atoms with van der Waals surface area (Å²) in [6.45, 7) is 5.07. The second-order valence-electron chi connectivity index (χ2n) is 7.08. The highest BCUT2D eigenvalue weighted by atomic mass is 32.1. The molecule has 0 radical (unpaired) electrons. The molecule has 0 bridgehead atoms. The van der Waals surface area contributed by atoms with Crippen LogP contribution in [0.4, 0.5) is 5.82 Å². The third kappa shape index (κ3) is 2.40. The number of furan rings is 1. The summed E-state index contributed by atoms with van der Waals surface area (Å²) in [6, 6.07) is 3.85. The van der Waals surface area contributed by atoms with Crippen LogP contribution in [0.2, 0.25) is 0 Å². The Morgan fingerprint density at radius 2 is 2.12 bits per heavy atom. The Hall–Kier alpha value is -2.47. The van der Waals surface area contributed by atoms with Crippen LogP contribution in [0.5, 0.6) is 0 Å². The van der Waals surface area contributed by atoms with E-state index in [1.807, 2.05) is 12.1 Å². The van der Waals surface area contributed by atoms with Crippen LogP contribution in [0.1, 0.15) is 48.8 Å². The molecule has 0 saturated carbocycles. The van der Waals surface area contributed by atoms with Crippen molar-refractivity contribution in [2.24, 2.45) is 0 Å². The number of hydrogen-bond acceptors (Lipinski definition) is 6. The van der Waals surface area contributed by atoms with Crippen LogP contribution in [0.25, 0.3) is 20.4 Å². The molecule has 4 heterocycles. The Kier molecular flexibility index (Phi) is 3.67. The van der Waals surface area contributed by atoms with E-state index in [9.17, 15) is 0 Å². The van der Waals surface area contributed by atoms with Gasteiger partial charge in [-0.1, -0.05) is 13.8 Å². The van der Waals surface area contributed by atoms with Crippen LogP contribution in [0.3, 0.4) is 0 Å². The molecule has 4 aromatic heterocycles. The van der Waals surface area contributed by atoms with Crippen molar-refractivity contribution in [3.8, 4) is 0 Å². The van der Waals surface area contributed by atoms with Gasteiger partial charge in [0.1, 0.15) is 22.7 Å². The molecule has 0 saturated heterocycles. The lowest BCUT2D eigenvalue weighted by Crippen LogP contribution is -2.01. The number of hydrogen-bond donors (Lipinski definition) is 1. The number of rotatable bonds is 4. The molecule has 1 aliphatic rings. The summed E-state index contributed by atoms with van der Waals surface area (Å²) in [5.74, 6) is 2.19. The van der Waals surface area contributed by atoms with Crippen LogP contribution >= 0.6 is 11.3 Å². The molecule has 0 aliphatic heterocycles. The van der Waals surface area contributed by atoms with E-state index in [1.54, 1.807) is 23.9 Å². The second kappa shape index (κ2) is 6.06. The summed E-state index contributed by atoms with van der Waals surface area (Å²) >= 11 is 1.69. The highest BCUT2D eigenvalue weighted by Gasteiger charge is 2.25. The van der Waals surface area contributed by atoms with E-state index >= 15 is 0 Å². The van der Waals surface area contributed by atoms with E-state index in [0.29, 0.717) is 12.5 Å². The topological polar surface area (TPSA) is 63.8 Å². The van der Waals surface area contributed by atoms with Gasteiger partial charge in [-0.2, -0.15) is 0 Å². The van der Waals surface area contributed by atoms with Crippen molar-refractivity contribution < 1.29 is 4.42 Å². The Balaban J connectivity index is 1.68. The van der Waals surface area contributed by atoms with Gasteiger partial charge in [-0.05, 0) is 48.4 Å². The van der Waals surface area contributed by atoms with E-state index in [2.05, 4.69) is 29.1 Å². The number of fused-ring (bicyclic) bond motifs is 5. The molecule has 0 spiro atoms. The van der Waals surface area contributed by atoms with Crippen LogP contribution in [-0.2, 0) is 19.4 Å². The SMILES string of the molecule is CC(C)c1nc2sc3c(NCc4ccco4)ncnc3c2c2c1CCC2. The Morgan fingerprint density at radius 1 is 1.23 bits per heavy atom. The average molecular weight is 364 g/mol. The number of pyridine rings is 1. The molecule has 132 valence electrons. The first kappa shape index (κ1) is 15.8. The molecule has 1 N–H and O–H groups in total. The second-order valence-corrected chi connectivity index (χ2v) is 8.08. The fourth-order valence-electron chi connectivity index (χ4n) is 3.91. The first-order valence-corrected chi connectivity index (χ1v) is 9.89. The number of aromatic nitrogens is 3. The molecular weight excluding hydrogens is 344 g/mol. The van der Waals surface area contributed by atoms with Gasteiger partial charge in [0.25, 0.3) is 0 Å². The summed E-state index contributed by atoms with van der Waals surface area (Å²) in [7, 11) is 0. The lowest BCUT2D eigenvalue weighted by Gasteiger charge is -2.11. The maximum Gasteiger partial charge on any atom is 0.147 e. The predicted octanol–water partition coefficient (Wildman–Crippen LogP) is 5.06. The molecule has 0 unspecified atom stereocenters. The van der Waals surface area contributed by atoms with Crippen LogP contribution in [-0.4, -0.2) is 15.0 Å². The summed E-state index contributed by atoms with van der Waals surface area (Å²) < 4.78 is 6.49. The molecular formula is C20H20N4OS. The quantitative estimate of drug-likeness (QED) is 0.548. The molecule has 0 atom stereocenters. The van der Waals surface area contributed by atoms with E-state index in [0.717, 1.165) is 39.5 Å². The van der Waals surface area contributed by atoms with Gasteiger partial charge in [-0.3, -0.25) is 0 Å². The Bertz CT molecular complexity index is 1100. The Morgan fingerprint density at radius 3 is 2.92 bits per heavy atom. The van der Waals surface area contributed by atoms with Gasteiger partial charge in [-0.25, -0.2) is 15.0 Å². The molecule has 4 aromatic rings. The van der Waals surface area contributed by atoms with Gasteiger partial charge >= 0.3 is 0 Å². The maximum atomic E-state index is 5.41. The maximum absolute atomic E-state index is 5.41. The van der Waals surface area contributed by atoms with Crippen molar-refractivity contribution in [3.05, 3.63) is 47.3 Å². The number of nitrogens with one attached hydrogen (secondary N) is 1. The molecule has 26 heavy (non-hydrogen) atoms. The zero-order valence-corrected chi connectivity index (χ0v) is 15.7. The van der Waals surface area contributed by atoms with E-state index in [-0.39, 0.29) is 0 Å². The minimum atomic E-state index is 0.444.